The molecule has 0 fully saturated rings. The highest BCUT2D eigenvalue weighted by atomic mass is 16.5. The smallest absolute Gasteiger partial charge is 0.358 e. The molecule has 1 atom stereocenters. The summed E-state index contributed by atoms with van der Waals surface area (Å²) in [6.07, 6.45) is 2.71. The zero-order valence-corrected chi connectivity index (χ0v) is 11.2. The first-order valence-electron chi connectivity index (χ1n) is 6.24. The standard InChI is InChI=1S/C12H21N3O3/c1-4-5-9(2)8-15-10(6-7-18-3)11(12(16)17)13-14-15/h9H,4-8H2,1-3H3,(H,16,17). The third-order valence-electron chi connectivity index (χ3n) is 2.85. The molecular weight excluding hydrogens is 234 g/mol. The van der Waals surface area contributed by atoms with E-state index in [4.69, 9.17) is 9.84 Å². The zero-order valence-electron chi connectivity index (χ0n) is 11.2. The molecule has 1 N–H and O–H groups in total. The summed E-state index contributed by atoms with van der Waals surface area (Å²) >= 11 is 0. The molecule has 0 bridgehead atoms. The van der Waals surface area contributed by atoms with Crippen molar-refractivity contribution in [1.82, 2.24) is 15.0 Å². The van der Waals surface area contributed by atoms with Gasteiger partial charge in [0, 0.05) is 20.1 Å². The Labute approximate surface area is 107 Å². The molecule has 0 spiro atoms. The van der Waals surface area contributed by atoms with Crippen molar-refractivity contribution < 1.29 is 14.6 Å². The first kappa shape index (κ1) is 14.6. The number of aromatic carboxylic acids is 1. The Hall–Kier alpha value is -1.43. The molecule has 0 saturated carbocycles. The maximum Gasteiger partial charge on any atom is 0.358 e. The number of carboxylic acids is 1. The SMILES string of the molecule is CCCC(C)Cn1nnc(C(=O)O)c1CCOC. The van der Waals surface area contributed by atoms with Crippen LogP contribution in [0.1, 0.15) is 42.9 Å². The van der Waals surface area contributed by atoms with Crippen LogP contribution in [0.25, 0.3) is 0 Å². The minimum absolute atomic E-state index is 0.0377. The van der Waals surface area contributed by atoms with E-state index in [0.29, 0.717) is 31.2 Å². The second-order valence-electron chi connectivity index (χ2n) is 4.51. The normalized spacial score (nSPS) is 12.6. The number of carboxylic acid groups (broad SMARTS) is 1. The third kappa shape index (κ3) is 3.80. The second-order valence-corrected chi connectivity index (χ2v) is 4.51. The maximum atomic E-state index is 11.1. The van der Waals surface area contributed by atoms with Crippen LogP contribution in [-0.4, -0.2) is 39.8 Å². The first-order valence-corrected chi connectivity index (χ1v) is 6.24. The number of methoxy groups -OCH3 is 1. The molecule has 0 aliphatic carbocycles. The Morgan fingerprint density at radius 3 is 2.83 bits per heavy atom. The summed E-state index contributed by atoms with van der Waals surface area (Å²) in [5.41, 5.74) is 0.683. The van der Waals surface area contributed by atoms with Gasteiger partial charge in [0.05, 0.1) is 12.3 Å². The Bertz CT molecular complexity index is 390. The van der Waals surface area contributed by atoms with Crippen molar-refractivity contribution in [1.29, 1.82) is 0 Å². The van der Waals surface area contributed by atoms with E-state index in [-0.39, 0.29) is 5.69 Å². The molecular formula is C12H21N3O3. The highest BCUT2D eigenvalue weighted by Crippen LogP contribution is 2.13. The molecule has 1 aromatic rings. The lowest BCUT2D eigenvalue weighted by atomic mass is 10.1. The number of hydrogen-bond acceptors (Lipinski definition) is 4. The minimum atomic E-state index is -1.03. The summed E-state index contributed by atoms with van der Waals surface area (Å²) in [7, 11) is 1.59. The average molecular weight is 255 g/mol. The highest BCUT2D eigenvalue weighted by molar-refractivity contribution is 5.86. The fraction of sp³-hybridized carbons (Fsp3) is 0.750. The lowest BCUT2D eigenvalue weighted by molar-refractivity contribution is 0.0688. The van der Waals surface area contributed by atoms with Gasteiger partial charge in [-0.05, 0) is 12.3 Å². The maximum absolute atomic E-state index is 11.1. The van der Waals surface area contributed by atoms with Gasteiger partial charge >= 0.3 is 5.97 Å². The van der Waals surface area contributed by atoms with Crippen molar-refractivity contribution in [3.05, 3.63) is 11.4 Å². The van der Waals surface area contributed by atoms with Gasteiger partial charge in [0.1, 0.15) is 0 Å². The van der Waals surface area contributed by atoms with E-state index < -0.39 is 5.97 Å². The summed E-state index contributed by atoms with van der Waals surface area (Å²) in [5.74, 6) is -0.574. The number of rotatable bonds is 8. The fourth-order valence-electron chi connectivity index (χ4n) is 1.97. The van der Waals surface area contributed by atoms with Crippen LogP contribution in [0, 0.1) is 5.92 Å². The second kappa shape index (κ2) is 7.10. The van der Waals surface area contributed by atoms with E-state index in [1.54, 1.807) is 11.8 Å². The van der Waals surface area contributed by atoms with Gasteiger partial charge in [-0.15, -0.1) is 5.10 Å². The van der Waals surface area contributed by atoms with Crippen molar-refractivity contribution >= 4 is 5.97 Å². The topological polar surface area (TPSA) is 77.2 Å². The van der Waals surface area contributed by atoms with Crippen LogP contribution in [0.5, 0.6) is 0 Å². The van der Waals surface area contributed by atoms with Crippen LogP contribution in [0.2, 0.25) is 0 Å². The molecule has 0 aromatic carbocycles. The average Bonchev–Trinajstić information content (AvgIpc) is 2.69. The number of aromatic nitrogens is 3. The van der Waals surface area contributed by atoms with Crippen molar-refractivity contribution in [3.8, 4) is 0 Å². The van der Waals surface area contributed by atoms with Crippen molar-refractivity contribution in [3.63, 3.8) is 0 Å². The summed E-state index contributed by atoms with van der Waals surface area (Å²) in [5, 5.41) is 16.7. The van der Waals surface area contributed by atoms with Gasteiger partial charge in [0.2, 0.25) is 0 Å². The number of hydrogen-bond donors (Lipinski definition) is 1. The van der Waals surface area contributed by atoms with Gasteiger partial charge in [-0.3, -0.25) is 0 Å². The minimum Gasteiger partial charge on any atom is -0.476 e. The predicted octanol–water partition coefficient (Wildman–Crippen LogP) is 1.60. The van der Waals surface area contributed by atoms with E-state index in [1.165, 1.54) is 0 Å². The first-order chi connectivity index (χ1) is 8.60. The van der Waals surface area contributed by atoms with Crippen molar-refractivity contribution in [2.24, 2.45) is 5.92 Å². The monoisotopic (exact) mass is 255 g/mol. The fourth-order valence-corrected chi connectivity index (χ4v) is 1.97. The number of ether oxygens (including phenoxy) is 1. The van der Waals surface area contributed by atoms with Gasteiger partial charge in [-0.25, -0.2) is 9.48 Å². The molecule has 0 aliphatic heterocycles. The Morgan fingerprint density at radius 2 is 2.28 bits per heavy atom. The van der Waals surface area contributed by atoms with Crippen molar-refractivity contribution in [2.75, 3.05) is 13.7 Å². The Balaban J connectivity index is 2.85. The zero-order chi connectivity index (χ0) is 13.5. The molecule has 0 amide bonds. The van der Waals surface area contributed by atoms with Crippen LogP contribution in [0.4, 0.5) is 0 Å². The summed E-state index contributed by atoms with van der Waals surface area (Å²) < 4.78 is 6.69. The molecule has 1 unspecified atom stereocenters. The Kier molecular flexibility index (Phi) is 5.77. The van der Waals surface area contributed by atoms with E-state index in [9.17, 15) is 4.79 Å². The van der Waals surface area contributed by atoms with E-state index in [1.807, 2.05) is 0 Å². The van der Waals surface area contributed by atoms with Gasteiger partial charge in [-0.1, -0.05) is 25.5 Å². The van der Waals surface area contributed by atoms with Crippen molar-refractivity contribution in [2.45, 2.75) is 39.7 Å². The Morgan fingerprint density at radius 1 is 1.56 bits per heavy atom. The van der Waals surface area contributed by atoms with E-state index in [2.05, 4.69) is 24.2 Å². The summed E-state index contributed by atoms with van der Waals surface area (Å²) in [6.45, 7) is 5.43. The molecule has 6 heteroatoms. The lowest BCUT2D eigenvalue weighted by Crippen LogP contribution is -2.15. The quantitative estimate of drug-likeness (QED) is 0.763. The highest BCUT2D eigenvalue weighted by Gasteiger charge is 2.19. The van der Waals surface area contributed by atoms with Gasteiger partial charge in [0.15, 0.2) is 5.69 Å². The van der Waals surface area contributed by atoms with Crippen LogP contribution in [0.3, 0.4) is 0 Å². The largest absolute Gasteiger partial charge is 0.476 e. The number of nitrogens with zero attached hydrogens (tertiary/aromatic N) is 3. The van der Waals surface area contributed by atoms with Gasteiger partial charge in [-0.2, -0.15) is 0 Å². The molecule has 0 saturated heterocycles. The molecule has 0 radical (unpaired) electrons. The lowest BCUT2D eigenvalue weighted by Gasteiger charge is -2.12. The third-order valence-corrected chi connectivity index (χ3v) is 2.85. The van der Waals surface area contributed by atoms with Gasteiger partial charge in [0.25, 0.3) is 0 Å². The summed E-state index contributed by atoms with van der Waals surface area (Å²) in [4.78, 5) is 11.1. The number of carbonyl (C=O) groups is 1. The molecule has 0 aliphatic rings. The molecule has 18 heavy (non-hydrogen) atoms. The summed E-state index contributed by atoms with van der Waals surface area (Å²) in [6, 6.07) is 0. The van der Waals surface area contributed by atoms with Crippen LogP contribution < -0.4 is 0 Å². The van der Waals surface area contributed by atoms with Crippen LogP contribution in [-0.2, 0) is 17.7 Å². The molecule has 1 rings (SSSR count). The molecule has 1 heterocycles. The van der Waals surface area contributed by atoms with Crippen LogP contribution >= 0.6 is 0 Å². The molecule has 102 valence electrons. The molecule has 1 aromatic heterocycles. The van der Waals surface area contributed by atoms with E-state index in [0.717, 1.165) is 12.8 Å². The molecule has 6 nitrogen and oxygen atoms in total. The van der Waals surface area contributed by atoms with E-state index >= 15 is 0 Å². The predicted molar refractivity (Wildman–Crippen MR) is 66.6 cm³/mol. The van der Waals surface area contributed by atoms with Crippen LogP contribution in [0.15, 0.2) is 0 Å². The van der Waals surface area contributed by atoms with Gasteiger partial charge < -0.3 is 9.84 Å².